The van der Waals surface area contributed by atoms with Crippen molar-refractivity contribution >= 4 is 38.9 Å². The third kappa shape index (κ3) is 4.74. The molecule has 2 saturated heterocycles. The molecule has 3 aromatic rings. The van der Waals surface area contributed by atoms with E-state index in [1.807, 2.05) is 14.0 Å². The number of halogens is 1. The van der Waals surface area contributed by atoms with Crippen LogP contribution in [0.3, 0.4) is 0 Å². The predicted octanol–water partition coefficient (Wildman–Crippen LogP) is 2.58. The van der Waals surface area contributed by atoms with Crippen LogP contribution in [0.1, 0.15) is 5.56 Å². The SMILES string of the molecule is Cc1ccc(S(=O)(=O)C[C@H]2COC3C2OC[C@H]3Nc2nc(Nc3cnn(C)c3)ncc2Cl)cc1. The molecule has 0 amide bonds. The minimum Gasteiger partial charge on any atom is -0.373 e. The smallest absolute Gasteiger partial charge is 0.229 e. The number of hydrogen-bond donors (Lipinski definition) is 2. The number of rotatable bonds is 7. The van der Waals surface area contributed by atoms with Crippen molar-refractivity contribution in [1.29, 1.82) is 0 Å². The van der Waals surface area contributed by atoms with Crippen molar-refractivity contribution in [3.05, 3.63) is 53.4 Å². The summed E-state index contributed by atoms with van der Waals surface area (Å²) in [7, 11) is -1.64. The molecule has 34 heavy (non-hydrogen) atoms. The van der Waals surface area contributed by atoms with Gasteiger partial charge in [0.2, 0.25) is 5.95 Å². The maximum Gasteiger partial charge on any atom is 0.229 e. The van der Waals surface area contributed by atoms with Crippen molar-refractivity contribution in [2.24, 2.45) is 13.0 Å². The molecule has 2 aliphatic heterocycles. The van der Waals surface area contributed by atoms with Crippen LogP contribution in [0.4, 0.5) is 17.5 Å². The van der Waals surface area contributed by atoms with Gasteiger partial charge < -0.3 is 20.1 Å². The maximum atomic E-state index is 12.9. The molecule has 2 fully saturated rings. The van der Waals surface area contributed by atoms with Gasteiger partial charge in [-0.1, -0.05) is 29.3 Å². The van der Waals surface area contributed by atoms with Crippen molar-refractivity contribution in [2.45, 2.75) is 30.1 Å². The number of nitrogens with one attached hydrogen (secondary N) is 2. The first-order valence-electron chi connectivity index (χ1n) is 10.9. The van der Waals surface area contributed by atoms with Gasteiger partial charge in [0.1, 0.15) is 11.1 Å². The largest absolute Gasteiger partial charge is 0.373 e. The molecular weight excluding hydrogens is 480 g/mol. The van der Waals surface area contributed by atoms with Gasteiger partial charge in [-0.3, -0.25) is 4.68 Å². The van der Waals surface area contributed by atoms with Gasteiger partial charge in [0.25, 0.3) is 0 Å². The normalized spacial score (nSPS) is 24.2. The third-order valence-corrected chi connectivity index (χ3v) is 8.13. The van der Waals surface area contributed by atoms with E-state index in [1.54, 1.807) is 41.3 Å². The summed E-state index contributed by atoms with van der Waals surface area (Å²) in [5, 5.41) is 10.8. The number of fused-ring (bicyclic) bond motifs is 1. The zero-order valence-electron chi connectivity index (χ0n) is 18.7. The van der Waals surface area contributed by atoms with E-state index < -0.39 is 9.84 Å². The molecule has 2 aliphatic rings. The molecule has 2 aromatic heterocycles. The highest BCUT2D eigenvalue weighted by Crippen LogP contribution is 2.35. The van der Waals surface area contributed by atoms with Gasteiger partial charge in [0, 0.05) is 19.2 Å². The summed E-state index contributed by atoms with van der Waals surface area (Å²) < 4.78 is 39.5. The summed E-state index contributed by atoms with van der Waals surface area (Å²) in [6.45, 7) is 2.58. The maximum absolute atomic E-state index is 12.9. The first-order chi connectivity index (χ1) is 16.3. The minimum atomic E-state index is -3.45. The summed E-state index contributed by atoms with van der Waals surface area (Å²) in [5.74, 6) is 0.519. The molecule has 10 nitrogen and oxygen atoms in total. The van der Waals surface area contributed by atoms with Crippen LogP contribution in [0.2, 0.25) is 5.02 Å². The average molecular weight is 505 g/mol. The van der Waals surface area contributed by atoms with Gasteiger partial charge in [0.05, 0.1) is 54.1 Å². The molecule has 0 spiro atoms. The van der Waals surface area contributed by atoms with E-state index in [0.29, 0.717) is 34.9 Å². The number of aromatic nitrogens is 4. The van der Waals surface area contributed by atoms with Crippen LogP contribution in [0.25, 0.3) is 0 Å². The third-order valence-electron chi connectivity index (χ3n) is 6.00. The Morgan fingerprint density at radius 3 is 2.65 bits per heavy atom. The summed E-state index contributed by atoms with van der Waals surface area (Å²) in [4.78, 5) is 9.00. The summed E-state index contributed by atoms with van der Waals surface area (Å²) >= 11 is 6.33. The average Bonchev–Trinajstić information content (AvgIpc) is 3.49. The van der Waals surface area contributed by atoms with E-state index in [2.05, 4.69) is 25.7 Å². The second kappa shape index (κ2) is 9.14. The van der Waals surface area contributed by atoms with E-state index in [4.69, 9.17) is 21.1 Å². The zero-order valence-corrected chi connectivity index (χ0v) is 20.3. The fourth-order valence-corrected chi connectivity index (χ4v) is 6.03. The van der Waals surface area contributed by atoms with E-state index in [9.17, 15) is 8.42 Å². The second-order valence-corrected chi connectivity index (χ2v) is 11.1. The lowest BCUT2D eigenvalue weighted by atomic mass is 10.0. The molecule has 0 saturated carbocycles. The van der Waals surface area contributed by atoms with E-state index in [1.165, 1.54) is 6.20 Å². The number of hydrogen-bond acceptors (Lipinski definition) is 9. The summed E-state index contributed by atoms with van der Waals surface area (Å²) in [5.41, 5.74) is 1.76. The lowest BCUT2D eigenvalue weighted by Gasteiger charge is -2.19. The standard InChI is InChI=1S/C22H25ClN6O4S/c1-13-3-5-16(6-4-13)34(30,31)12-14-10-32-20-18(11-33-19(14)20)27-21-17(23)8-24-22(28-21)26-15-7-25-29(2)9-15/h3-9,14,18-20H,10-12H2,1-2H3,(H2,24,26,27,28)/t14-,18-,19?,20?/m1/s1. The van der Waals surface area contributed by atoms with Gasteiger partial charge in [-0.25, -0.2) is 13.4 Å². The van der Waals surface area contributed by atoms with Crippen LogP contribution in [-0.2, 0) is 26.4 Å². The van der Waals surface area contributed by atoms with Crippen molar-refractivity contribution in [2.75, 3.05) is 29.6 Å². The topological polar surface area (TPSA) is 120 Å². The minimum absolute atomic E-state index is 0.0304. The Bertz CT molecular complexity index is 1280. The molecule has 0 bridgehead atoms. The van der Waals surface area contributed by atoms with Crippen molar-refractivity contribution < 1.29 is 17.9 Å². The molecule has 180 valence electrons. The quantitative estimate of drug-likeness (QED) is 0.500. The lowest BCUT2D eigenvalue weighted by Crippen LogP contribution is -2.36. The molecule has 1 aromatic carbocycles. The van der Waals surface area contributed by atoms with Gasteiger partial charge in [0.15, 0.2) is 15.7 Å². The van der Waals surface area contributed by atoms with Crippen LogP contribution in [0.5, 0.6) is 0 Å². The molecule has 5 rings (SSSR count). The fourth-order valence-electron chi connectivity index (χ4n) is 4.29. The molecular formula is C22H25ClN6O4S. The molecule has 12 heteroatoms. The molecule has 2 unspecified atom stereocenters. The van der Waals surface area contributed by atoms with E-state index >= 15 is 0 Å². The molecule has 4 atom stereocenters. The Labute approximate surface area is 202 Å². The Morgan fingerprint density at radius 2 is 1.91 bits per heavy atom. The highest BCUT2D eigenvalue weighted by molar-refractivity contribution is 7.91. The second-order valence-electron chi connectivity index (χ2n) is 8.62. The zero-order chi connectivity index (χ0) is 23.9. The summed E-state index contributed by atoms with van der Waals surface area (Å²) in [6.07, 6.45) is 4.34. The number of anilines is 3. The van der Waals surface area contributed by atoms with Gasteiger partial charge in [-0.05, 0) is 19.1 Å². The van der Waals surface area contributed by atoms with E-state index in [-0.39, 0.29) is 29.9 Å². The number of aryl methyl sites for hydroxylation is 2. The molecule has 2 N–H and O–H groups in total. The molecule has 0 aliphatic carbocycles. The predicted molar refractivity (Wildman–Crippen MR) is 127 cm³/mol. The van der Waals surface area contributed by atoms with Crippen LogP contribution < -0.4 is 10.6 Å². The highest BCUT2D eigenvalue weighted by Gasteiger charge is 2.49. The van der Waals surface area contributed by atoms with Crippen molar-refractivity contribution in [3.63, 3.8) is 0 Å². The fraction of sp³-hybridized carbons (Fsp3) is 0.409. The number of ether oxygens (including phenoxy) is 2. The Balaban J connectivity index is 1.25. The number of benzene rings is 1. The van der Waals surface area contributed by atoms with Crippen LogP contribution >= 0.6 is 11.6 Å². The Morgan fingerprint density at radius 1 is 1.15 bits per heavy atom. The highest BCUT2D eigenvalue weighted by atomic mass is 35.5. The molecule has 0 radical (unpaired) electrons. The van der Waals surface area contributed by atoms with Crippen LogP contribution in [-0.4, -0.2) is 65.4 Å². The van der Waals surface area contributed by atoms with Gasteiger partial charge >= 0.3 is 0 Å². The van der Waals surface area contributed by atoms with Gasteiger partial charge in [-0.15, -0.1) is 0 Å². The van der Waals surface area contributed by atoms with Crippen molar-refractivity contribution in [1.82, 2.24) is 19.7 Å². The number of nitrogens with zero attached hydrogens (tertiary/aromatic N) is 4. The Kier molecular flexibility index (Phi) is 6.19. The lowest BCUT2D eigenvalue weighted by molar-refractivity contribution is 0.0656. The first-order valence-corrected chi connectivity index (χ1v) is 12.9. The van der Waals surface area contributed by atoms with Gasteiger partial charge in [-0.2, -0.15) is 10.1 Å². The molecule has 4 heterocycles. The van der Waals surface area contributed by atoms with E-state index in [0.717, 1.165) is 11.3 Å². The number of sulfone groups is 1. The van der Waals surface area contributed by atoms with Crippen molar-refractivity contribution in [3.8, 4) is 0 Å². The van der Waals surface area contributed by atoms with Crippen LogP contribution in [0, 0.1) is 12.8 Å². The van der Waals surface area contributed by atoms with Crippen LogP contribution in [0.15, 0.2) is 47.8 Å². The Hall–Kier alpha value is -2.73. The summed E-state index contributed by atoms with van der Waals surface area (Å²) in [6, 6.07) is 6.67. The first kappa shape index (κ1) is 23.0. The monoisotopic (exact) mass is 504 g/mol.